The Bertz CT molecular complexity index is 1790. The van der Waals surface area contributed by atoms with Crippen molar-refractivity contribution in [2.45, 2.75) is 77.2 Å². The molecular weight excluding hydrogens is 654 g/mol. The van der Waals surface area contributed by atoms with Gasteiger partial charge in [0.15, 0.2) is 0 Å². The van der Waals surface area contributed by atoms with Crippen LogP contribution in [0.3, 0.4) is 0 Å². The molecule has 2 heterocycles. The Kier molecular flexibility index (Phi) is 10.8. The summed E-state index contributed by atoms with van der Waals surface area (Å²) in [4.78, 5) is 59.6. The molecule has 1 aliphatic heterocycles. The molecule has 0 bridgehead atoms. The first kappa shape index (κ1) is 36.9. The number of carbonyl (C=O) groups is 4. The van der Waals surface area contributed by atoms with E-state index in [-0.39, 0.29) is 31.8 Å². The number of hydrogen-bond acceptors (Lipinski definition) is 8. The van der Waals surface area contributed by atoms with E-state index in [2.05, 4.69) is 17.3 Å². The average molecular weight is 702 g/mol. The van der Waals surface area contributed by atoms with Crippen LogP contribution in [-0.4, -0.2) is 87.5 Å². The molecule has 3 aromatic rings. The minimum atomic E-state index is -1.51. The maximum atomic E-state index is 14.3. The van der Waals surface area contributed by atoms with Gasteiger partial charge in [-0.15, -0.1) is 6.58 Å². The maximum absolute atomic E-state index is 14.3. The zero-order chi connectivity index (χ0) is 37.1. The molecule has 51 heavy (non-hydrogen) atoms. The summed E-state index contributed by atoms with van der Waals surface area (Å²) in [5, 5.41) is 14.6. The van der Waals surface area contributed by atoms with Crippen molar-refractivity contribution >= 4 is 34.9 Å². The summed E-state index contributed by atoms with van der Waals surface area (Å²) >= 11 is 0. The first-order chi connectivity index (χ1) is 24.1. The van der Waals surface area contributed by atoms with Crippen LogP contribution >= 0.6 is 0 Å². The fraction of sp³-hybridized carbons (Fsp3) is 0.447. The molecule has 2 fully saturated rings. The molecule has 5 rings (SSSR count). The molecule has 13 heteroatoms. The number of benzene rings is 2. The highest BCUT2D eigenvalue weighted by atomic mass is 16.6. The van der Waals surface area contributed by atoms with Gasteiger partial charge in [0.2, 0.25) is 5.91 Å². The number of carbonyl (C=O) groups excluding carboxylic acids is 3. The standard InChI is InChI=1S/C38H47N5O8/c1-8-25-21-38(25,34(45)46)40-33(44)31-19-27(22-42(31)36(48)43(17-16-23(2)3)41-35(47)51-37(4,5)6)50-32-20-29(24-12-10-9-11-13-24)39-30-18-26(49-7)14-15-28(30)32/h8-15,18,20,23,25,27,31H,1,16-17,19,21-22H2,2-7H3,(H,40,44)(H,41,47)(H,45,46)/t25-,27?,31+,38?/m1/s1. The van der Waals surface area contributed by atoms with Gasteiger partial charge in [0.25, 0.3) is 0 Å². The van der Waals surface area contributed by atoms with E-state index < -0.39 is 53.2 Å². The largest absolute Gasteiger partial charge is 0.497 e. The Hall–Kier alpha value is -5.33. The number of hydrogen-bond donors (Lipinski definition) is 3. The van der Waals surface area contributed by atoms with Gasteiger partial charge in [-0.25, -0.2) is 29.8 Å². The first-order valence-electron chi connectivity index (χ1n) is 17.1. The normalized spacial score (nSPS) is 21.2. The maximum Gasteiger partial charge on any atom is 0.426 e. The van der Waals surface area contributed by atoms with E-state index in [0.717, 1.165) is 10.6 Å². The summed E-state index contributed by atoms with van der Waals surface area (Å²) in [6.45, 7) is 12.9. The average Bonchev–Trinajstić information content (AvgIpc) is 3.64. The zero-order valence-electron chi connectivity index (χ0n) is 30.0. The second-order valence-electron chi connectivity index (χ2n) is 14.4. The lowest BCUT2D eigenvalue weighted by atomic mass is 10.1. The third-order valence-electron chi connectivity index (χ3n) is 8.97. The van der Waals surface area contributed by atoms with Gasteiger partial charge in [0.1, 0.15) is 34.8 Å². The second-order valence-corrected chi connectivity index (χ2v) is 14.4. The van der Waals surface area contributed by atoms with Gasteiger partial charge < -0.3 is 29.5 Å². The predicted octanol–water partition coefficient (Wildman–Crippen LogP) is 5.79. The number of carboxylic acid groups (broad SMARTS) is 1. The van der Waals surface area contributed by atoms with Gasteiger partial charge in [-0.2, -0.15) is 0 Å². The van der Waals surface area contributed by atoms with E-state index >= 15 is 0 Å². The zero-order valence-corrected chi connectivity index (χ0v) is 30.0. The molecule has 4 atom stereocenters. The van der Waals surface area contributed by atoms with E-state index in [0.29, 0.717) is 34.5 Å². The fourth-order valence-electron chi connectivity index (χ4n) is 6.15. The van der Waals surface area contributed by atoms with Gasteiger partial charge in [0, 0.05) is 42.0 Å². The van der Waals surface area contributed by atoms with Crippen molar-refractivity contribution in [2.24, 2.45) is 11.8 Å². The molecule has 2 aromatic carbocycles. The molecule has 2 aliphatic rings. The lowest BCUT2D eigenvalue weighted by Gasteiger charge is -2.32. The second kappa shape index (κ2) is 14.9. The summed E-state index contributed by atoms with van der Waals surface area (Å²) < 4.78 is 17.5. The van der Waals surface area contributed by atoms with E-state index in [9.17, 15) is 24.3 Å². The van der Waals surface area contributed by atoms with Crippen LogP contribution in [0, 0.1) is 11.8 Å². The number of fused-ring (bicyclic) bond motifs is 1. The van der Waals surface area contributed by atoms with Crippen molar-refractivity contribution in [3.8, 4) is 22.8 Å². The van der Waals surface area contributed by atoms with Crippen LogP contribution in [-0.2, 0) is 14.3 Å². The number of pyridine rings is 1. The molecule has 1 saturated carbocycles. The number of hydrazine groups is 1. The molecule has 4 amide bonds. The number of likely N-dealkylation sites (tertiary alicyclic amines) is 1. The molecule has 1 saturated heterocycles. The number of nitrogens with one attached hydrogen (secondary N) is 2. The van der Waals surface area contributed by atoms with Crippen molar-refractivity contribution in [2.75, 3.05) is 20.2 Å². The highest BCUT2D eigenvalue weighted by Gasteiger charge is 2.61. The Morgan fingerprint density at radius 3 is 2.47 bits per heavy atom. The lowest BCUT2D eigenvalue weighted by molar-refractivity contribution is -0.144. The number of methoxy groups -OCH3 is 1. The van der Waals surface area contributed by atoms with E-state index in [1.165, 1.54) is 11.0 Å². The van der Waals surface area contributed by atoms with Crippen LogP contribution in [0.15, 0.2) is 67.3 Å². The van der Waals surface area contributed by atoms with E-state index in [4.69, 9.17) is 19.2 Å². The van der Waals surface area contributed by atoms with Crippen molar-refractivity contribution < 1.29 is 38.5 Å². The third-order valence-corrected chi connectivity index (χ3v) is 8.97. The van der Waals surface area contributed by atoms with Gasteiger partial charge in [0.05, 0.1) is 24.9 Å². The molecular formula is C38H47N5O8. The number of aromatic nitrogens is 1. The third kappa shape index (κ3) is 8.53. The fourth-order valence-corrected chi connectivity index (χ4v) is 6.15. The molecule has 3 N–H and O–H groups in total. The number of aliphatic carboxylic acids is 1. The first-order valence-corrected chi connectivity index (χ1v) is 17.1. The topological polar surface area (TPSA) is 160 Å². The minimum Gasteiger partial charge on any atom is -0.497 e. The summed E-state index contributed by atoms with van der Waals surface area (Å²) in [6.07, 6.45) is 0.778. The Morgan fingerprint density at radius 1 is 1.14 bits per heavy atom. The van der Waals surface area contributed by atoms with Gasteiger partial charge in [-0.05, 0) is 51.7 Å². The molecule has 2 unspecified atom stereocenters. The van der Waals surface area contributed by atoms with Crippen molar-refractivity contribution in [3.05, 3.63) is 67.3 Å². The Morgan fingerprint density at radius 2 is 1.86 bits per heavy atom. The number of amides is 4. The van der Waals surface area contributed by atoms with Crippen LogP contribution in [0.1, 0.15) is 53.9 Å². The Balaban J connectivity index is 1.49. The summed E-state index contributed by atoms with van der Waals surface area (Å²) in [6, 6.07) is 15.1. The van der Waals surface area contributed by atoms with E-state index in [1.807, 2.05) is 56.3 Å². The molecule has 272 valence electrons. The monoisotopic (exact) mass is 701 g/mol. The van der Waals surface area contributed by atoms with Crippen molar-refractivity contribution in [3.63, 3.8) is 0 Å². The van der Waals surface area contributed by atoms with Crippen molar-refractivity contribution in [1.29, 1.82) is 0 Å². The predicted molar refractivity (Wildman–Crippen MR) is 191 cm³/mol. The van der Waals surface area contributed by atoms with Gasteiger partial charge in [-0.1, -0.05) is 50.3 Å². The summed E-state index contributed by atoms with van der Waals surface area (Å²) in [5.41, 5.74) is 2.38. The van der Waals surface area contributed by atoms with Crippen LogP contribution in [0.4, 0.5) is 9.59 Å². The van der Waals surface area contributed by atoms with Gasteiger partial charge >= 0.3 is 18.1 Å². The minimum absolute atomic E-state index is 0.0311. The highest BCUT2D eigenvalue weighted by Crippen LogP contribution is 2.45. The summed E-state index contributed by atoms with van der Waals surface area (Å²) in [5.74, 6) is -0.986. The molecule has 0 spiro atoms. The smallest absolute Gasteiger partial charge is 0.426 e. The van der Waals surface area contributed by atoms with Crippen molar-refractivity contribution in [1.82, 2.24) is 25.6 Å². The van der Waals surface area contributed by atoms with Crippen LogP contribution in [0.5, 0.6) is 11.5 Å². The summed E-state index contributed by atoms with van der Waals surface area (Å²) in [7, 11) is 1.57. The number of rotatable bonds is 11. The number of ether oxygens (including phenoxy) is 3. The van der Waals surface area contributed by atoms with Crippen LogP contribution in [0.25, 0.3) is 22.2 Å². The van der Waals surface area contributed by atoms with Crippen LogP contribution < -0.4 is 20.2 Å². The number of nitrogens with zero attached hydrogens (tertiary/aromatic N) is 3. The highest BCUT2D eigenvalue weighted by molar-refractivity contribution is 5.95. The van der Waals surface area contributed by atoms with E-state index in [1.54, 1.807) is 40.0 Å². The number of urea groups is 1. The number of carboxylic acids is 1. The lowest BCUT2D eigenvalue weighted by Crippen LogP contribution is -2.58. The molecule has 13 nitrogen and oxygen atoms in total. The Labute approximate surface area is 297 Å². The molecule has 0 radical (unpaired) electrons. The van der Waals surface area contributed by atoms with Crippen LogP contribution in [0.2, 0.25) is 0 Å². The van der Waals surface area contributed by atoms with Gasteiger partial charge in [-0.3, -0.25) is 4.79 Å². The molecule has 1 aromatic heterocycles. The molecule has 1 aliphatic carbocycles. The SMILES string of the molecule is C=C[C@@H]1CC1(NC(=O)[C@@H]1CC(Oc2cc(-c3ccccc3)nc3cc(OC)ccc23)CN1C(=O)N(CCC(C)C)NC(=O)OC(C)(C)C)C(=O)O. The quantitative estimate of drug-likeness (QED) is 0.166.